The molecule has 13 heavy (non-hydrogen) atoms. The Morgan fingerprint density at radius 1 is 1.62 bits per heavy atom. The zero-order valence-electron chi connectivity index (χ0n) is 9.09. The Morgan fingerprint density at radius 3 is 2.08 bits per heavy atom. The van der Waals surface area contributed by atoms with Crippen LogP contribution in [-0.4, -0.2) is 21.3 Å². The molecule has 0 aliphatic heterocycles. The monoisotopic (exact) mass is 203 g/mol. The minimum absolute atomic E-state index is 0.481. The molecule has 0 saturated heterocycles. The first-order valence-corrected chi connectivity index (χ1v) is 7.48. The van der Waals surface area contributed by atoms with Gasteiger partial charge >= 0.3 is 0 Å². The molecule has 0 aliphatic rings. The first kappa shape index (κ1) is 14.9. The minimum Gasteiger partial charge on any atom is -0.420 e. The Labute approximate surface area is 82.1 Å². The van der Waals surface area contributed by atoms with Crippen molar-refractivity contribution in [3.8, 4) is 0 Å². The van der Waals surface area contributed by atoms with Gasteiger partial charge in [-0.05, 0) is 25.2 Å². The summed E-state index contributed by atoms with van der Waals surface area (Å²) in [7, 11) is 0.644. The number of hydrogen-bond acceptors (Lipinski definition) is 2. The highest BCUT2D eigenvalue weighted by Crippen LogP contribution is 2.10. The number of hydrogen-bond donors (Lipinski definition) is 1. The van der Waals surface area contributed by atoms with Crippen molar-refractivity contribution in [3.05, 3.63) is 12.7 Å². The van der Waals surface area contributed by atoms with Crippen molar-refractivity contribution in [2.24, 2.45) is 5.73 Å². The lowest BCUT2D eigenvalue weighted by Crippen LogP contribution is -2.27. The van der Waals surface area contributed by atoms with Crippen molar-refractivity contribution >= 4 is 14.2 Å². The van der Waals surface area contributed by atoms with Gasteiger partial charge in [-0.1, -0.05) is 19.9 Å². The number of amides is 1. The predicted octanol–water partition coefficient (Wildman–Crippen LogP) is 1.91. The van der Waals surface area contributed by atoms with Gasteiger partial charge in [-0.25, -0.2) is 0 Å². The zero-order chi connectivity index (χ0) is 10.9. The molecule has 0 rings (SSSR count). The summed E-state index contributed by atoms with van der Waals surface area (Å²) in [6.45, 7) is 9.78. The van der Waals surface area contributed by atoms with Crippen LogP contribution in [0.1, 0.15) is 13.3 Å². The maximum absolute atomic E-state index is 9.47. The van der Waals surface area contributed by atoms with Crippen LogP contribution < -0.4 is 5.73 Å². The zero-order valence-corrected chi connectivity index (χ0v) is 10.1. The molecule has 1 amide bonds. The van der Waals surface area contributed by atoms with E-state index < -0.39 is 14.2 Å². The highest BCUT2D eigenvalue weighted by Gasteiger charge is 2.17. The third-order valence-corrected chi connectivity index (χ3v) is 4.42. The number of rotatable bonds is 4. The van der Waals surface area contributed by atoms with Crippen molar-refractivity contribution in [3.63, 3.8) is 0 Å². The summed E-state index contributed by atoms with van der Waals surface area (Å²) in [4.78, 5) is 9.47. The normalized spacial score (nSPS) is 9.85. The highest BCUT2D eigenvalue weighted by atomic mass is 28.4. The topological polar surface area (TPSA) is 52.3 Å². The van der Waals surface area contributed by atoms with Gasteiger partial charge in [0.1, 0.15) is 0 Å². The van der Waals surface area contributed by atoms with E-state index in [1.807, 2.05) is 7.11 Å². The van der Waals surface area contributed by atoms with E-state index in [-0.39, 0.29) is 0 Å². The van der Waals surface area contributed by atoms with Crippen molar-refractivity contribution in [2.45, 2.75) is 32.5 Å². The molecule has 0 saturated carbocycles. The molecule has 0 spiro atoms. The van der Waals surface area contributed by atoms with Gasteiger partial charge in [0.25, 0.3) is 0 Å². The summed E-state index contributed by atoms with van der Waals surface area (Å²) in [5, 5.41) is 0. The molecule has 3 nitrogen and oxygen atoms in total. The van der Waals surface area contributed by atoms with E-state index in [4.69, 9.17) is 4.43 Å². The predicted molar refractivity (Wildman–Crippen MR) is 59.0 cm³/mol. The second-order valence-corrected chi connectivity index (χ2v) is 7.75. The average molecular weight is 203 g/mol. The van der Waals surface area contributed by atoms with E-state index in [0.717, 1.165) is 6.08 Å². The largest absolute Gasteiger partial charge is 0.420 e. The molecule has 0 atom stereocenters. The standard InChI is InChI=1S/C6H16OSi.C3H5NO/c1-5-6-8(3,4)7-2;1-2-3(4)5/h5-6H2,1-4H3;2H,1H2,(H2,4,5). The fourth-order valence-corrected chi connectivity index (χ4v) is 2.11. The lowest BCUT2D eigenvalue weighted by molar-refractivity contribution is -0.113. The lowest BCUT2D eigenvalue weighted by Gasteiger charge is -2.17. The summed E-state index contributed by atoms with van der Waals surface area (Å²) in [6.07, 6.45) is 2.31. The van der Waals surface area contributed by atoms with E-state index in [2.05, 4.69) is 32.3 Å². The van der Waals surface area contributed by atoms with Crippen LogP contribution in [0.3, 0.4) is 0 Å². The van der Waals surface area contributed by atoms with Crippen LogP contribution in [0, 0.1) is 0 Å². The molecule has 0 bridgehead atoms. The van der Waals surface area contributed by atoms with Crippen LogP contribution in [0.15, 0.2) is 12.7 Å². The first-order valence-electron chi connectivity index (χ1n) is 4.36. The molecule has 4 heteroatoms. The molecule has 0 aromatic heterocycles. The Hall–Kier alpha value is -0.613. The second-order valence-electron chi connectivity index (χ2n) is 3.32. The van der Waals surface area contributed by atoms with Crippen molar-refractivity contribution in [1.82, 2.24) is 0 Å². The van der Waals surface area contributed by atoms with Crippen LogP contribution in [0.5, 0.6) is 0 Å². The van der Waals surface area contributed by atoms with E-state index in [0.29, 0.717) is 0 Å². The van der Waals surface area contributed by atoms with Crippen molar-refractivity contribution in [2.75, 3.05) is 7.11 Å². The Balaban J connectivity index is 0. The van der Waals surface area contributed by atoms with Gasteiger partial charge in [0.2, 0.25) is 5.91 Å². The molecule has 0 radical (unpaired) electrons. The number of carbonyl (C=O) groups is 1. The molecular weight excluding hydrogens is 182 g/mol. The average Bonchev–Trinajstić information content (AvgIpc) is 2.05. The van der Waals surface area contributed by atoms with Gasteiger partial charge in [0, 0.05) is 7.11 Å². The summed E-state index contributed by atoms with van der Waals surface area (Å²) < 4.78 is 5.32. The summed E-state index contributed by atoms with van der Waals surface area (Å²) in [5.74, 6) is -0.481. The fraction of sp³-hybridized carbons (Fsp3) is 0.667. The Bertz CT molecular complexity index is 158. The maximum Gasteiger partial charge on any atom is 0.240 e. The quantitative estimate of drug-likeness (QED) is 0.560. The molecule has 0 aromatic rings. The highest BCUT2D eigenvalue weighted by molar-refractivity contribution is 6.71. The Kier molecular flexibility index (Phi) is 9.17. The summed E-state index contributed by atoms with van der Waals surface area (Å²) in [5.41, 5.74) is 4.53. The molecule has 0 unspecified atom stereocenters. The van der Waals surface area contributed by atoms with Crippen LogP contribution in [0.2, 0.25) is 19.1 Å². The van der Waals surface area contributed by atoms with E-state index in [1.54, 1.807) is 0 Å². The summed E-state index contributed by atoms with van der Waals surface area (Å²) in [6, 6.07) is 1.28. The van der Waals surface area contributed by atoms with Gasteiger partial charge in [-0.15, -0.1) is 0 Å². The number of nitrogens with two attached hydrogens (primary N) is 1. The number of carbonyl (C=O) groups excluding carboxylic acids is 1. The molecule has 2 N–H and O–H groups in total. The van der Waals surface area contributed by atoms with Crippen LogP contribution >= 0.6 is 0 Å². The molecule has 0 aliphatic carbocycles. The van der Waals surface area contributed by atoms with Gasteiger partial charge < -0.3 is 10.2 Å². The summed E-state index contributed by atoms with van der Waals surface area (Å²) >= 11 is 0. The van der Waals surface area contributed by atoms with Crippen molar-refractivity contribution < 1.29 is 9.22 Å². The smallest absolute Gasteiger partial charge is 0.240 e. The van der Waals surface area contributed by atoms with Crippen LogP contribution in [0.4, 0.5) is 0 Å². The molecule has 0 fully saturated rings. The molecule has 78 valence electrons. The van der Waals surface area contributed by atoms with E-state index >= 15 is 0 Å². The third kappa shape index (κ3) is 14.3. The first-order chi connectivity index (χ1) is 5.89. The minimum atomic E-state index is -1.18. The van der Waals surface area contributed by atoms with Gasteiger partial charge in [-0.3, -0.25) is 4.79 Å². The molecule has 0 heterocycles. The molecular formula is C9H21NO2Si. The fourth-order valence-electron chi connectivity index (χ4n) is 0.704. The number of primary amides is 1. The van der Waals surface area contributed by atoms with Crippen molar-refractivity contribution in [1.29, 1.82) is 0 Å². The van der Waals surface area contributed by atoms with Gasteiger partial charge in [0.15, 0.2) is 8.32 Å². The Morgan fingerprint density at radius 2 is 2.00 bits per heavy atom. The maximum atomic E-state index is 9.47. The third-order valence-electron chi connectivity index (χ3n) is 1.61. The SMILES string of the molecule is C=CC(N)=O.CCC[Si](C)(C)OC. The van der Waals surface area contributed by atoms with E-state index in [1.165, 1.54) is 12.5 Å². The molecule has 0 aromatic carbocycles. The van der Waals surface area contributed by atoms with E-state index in [9.17, 15) is 4.79 Å². The van der Waals surface area contributed by atoms with Crippen LogP contribution in [-0.2, 0) is 9.22 Å². The van der Waals surface area contributed by atoms with Gasteiger partial charge in [-0.2, -0.15) is 0 Å². The lowest BCUT2D eigenvalue weighted by atomic mass is 10.6. The van der Waals surface area contributed by atoms with Crippen LogP contribution in [0.25, 0.3) is 0 Å². The second kappa shape index (κ2) is 8.01. The van der Waals surface area contributed by atoms with Gasteiger partial charge in [0.05, 0.1) is 0 Å².